The van der Waals surface area contributed by atoms with E-state index in [4.69, 9.17) is 5.73 Å². The highest BCUT2D eigenvalue weighted by Crippen LogP contribution is 2.25. The molecule has 0 aromatic carbocycles. The van der Waals surface area contributed by atoms with Gasteiger partial charge >= 0.3 is 0 Å². The van der Waals surface area contributed by atoms with Crippen LogP contribution in [-0.2, 0) is 4.79 Å². The molecule has 19 heavy (non-hydrogen) atoms. The van der Waals surface area contributed by atoms with Gasteiger partial charge in [-0.3, -0.25) is 4.79 Å². The fraction of sp³-hybridized carbons (Fsp3) is 0.938. The first kappa shape index (κ1) is 16.5. The van der Waals surface area contributed by atoms with Gasteiger partial charge in [0.15, 0.2) is 0 Å². The summed E-state index contributed by atoms with van der Waals surface area (Å²) >= 11 is 0. The molecule has 3 nitrogen and oxygen atoms in total. The molecule has 1 amide bonds. The van der Waals surface area contributed by atoms with Crippen molar-refractivity contribution < 1.29 is 4.79 Å². The van der Waals surface area contributed by atoms with Gasteiger partial charge in [-0.25, -0.2) is 0 Å². The Morgan fingerprint density at radius 2 is 1.84 bits per heavy atom. The first-order chi connectivity index (χ1) is 9.04. The Hall–Kier alpha value is -0.570. The molecule has 1 rings (SSSR count). The van der Waals surface area contributed by atoms with Crippen molar-refractivity contribution in [2.75, 3.05) is 13.1 Å². The monoisotopic (exact) mass is 268 g/mol. The van der Waals surface area contributed by atoms with Crippen LogP contribution in [-0.4, -0.2) is 29.9 Å². The van der Waals surface area contributed by atoms with Crippen molar-refractivity contribution >= 4 is 5.91 Å². The van der Waals surface area contributed by atoms with Gasteiger partial charge in [-0.2, -0.15) is 0 Å². The molecule has 3 heteroatoms. The summed E-state index contributed by atoms with van der Waals surface area (Å²) in [7, 11) is 0. The van der Waals surface area contributed by atoms with Gasteiger partial charge in [0.2, 0.25) is 5.91 Å². The maximum Gasteiger partial charge on any atom is 0.222 e. The molecule has 1 aliphatic carbocycles. The lowest BCUT2D eigenvalue weighted by Gasteiger charge is -2.30. The Kier molecular flexibility index (Phi) is 7.44. The van der Waals surface area contributed by atoms with Gasteiger partial charge in [-0.1, -0.05) is 33.6 Å². The van der Waals surface area contributed by atoms with Gasteiger partial charge < -0.3 is 10.6 Å². The Morgan fingerprint density at radius 1 is 1.21 bits per heavy atom. The lowest BCUT2D eigenvalue weighted by atomic mass is 10.0. The van der Waals surface area contributed by atoms with E-state index < -0.39 is 0 Å². The van der Waals surface area contributed by atoms with Crippen LogP contribution in [0.15, 0.2) is 0 Å². The summed E-state index contributed by atoms with van der Waals surface area (Å²) < 4.78 is 0. The normalized spacial score (nSPS) is 17.9. The van der Waals surface area contributed by atoms with Crippen LogP contribution in [0.3, 0.4) is 0 Å². The van der Waals surface area contributed by atoms with E-state index in [2.05, 4.69) is 25.7 Å². The predicted octanol–water partition coefficient (Wildman–Crippen LogP) is 3.18. The van der Waals surface area contributed by atoms with Gasteiger partial charge in [0.25, 0.3) is 0 Å². The van der Waals surface area contributed by atoms with Gasteiger partial charge in [0.1, 0.15) is 0 Å². The van der Waals surface area contributed by atoms with Crippen LogP contribution in [0.5, 0.6) is 0 Å². The molecule has 112 valence electrons. The third-order valence-corrected chi connectivity index (χ3v) is 4.29. The van der Waals surface area contributed by atoms with Crippen LogP contribution in [0.25, 0.3) is 0 Å². The summed E-state index contributed by atoms with van der Waals surface area (Å²) in [5.41, 5.74) is 5.63. The second kappa shape index (κ2) is 8.57. The van der Waals surface area contributed by atoms with E-state index in [-0.39, 0.29) is 0 Å². The van der Waals surface area contributed by atoms with Crippen LogP contribution in [0.2, 0.25) is 0 Å². The lowest BCUT2D eigenvalue weighted by Crippen LogP contribution is -2.40. The van der Waals surface area contributed by atoms with E-state index >= 15 is 0 Å². The van der Waals surface area contributed by atoms with Crippen molar-refractivity contribution in [2.45, 2.75) is 71.8 Å². The van der Waals surface area contributed by atoms with Crippen molar-refractivity contribution in [1.29, 1.82) is 0 Å². The standard InChI is InChI=1S/C16H32N2O/c1-13(2)10-11-18(15-6-4-5-7-15)16(19)9-8-14(3)12-17/h13-15H,4-12,17H2,1-3H3. The van der Waals surface area contributed by atoms with Crippen molar-refractivity contribution in [2.24, 2.45) is 17.6 Å². The molecule has 0 bridgehead atoms. The fourth-order valence-electron chi connectivity index (χ4n) is 2.76. The maximum absolute atomic E-state index is 12.4. The summed E-state index contributed by atoms with van der Waals surface area (Å²) in [5, 5.41) is 0. The average Bonchev–Trinajstić information content (AvgIpc) is 2.89. The highest BCUT2D eigenvalue weighted by atomic mass is 16.2. The Morgan fingerprint density at radius 3 is 2.37 bits per heavy atom. The molecular formula is C16H32N2O. The Balaban J connectivity index is 2.48. The highest BCUT2D eigenvalue weighted by molar-refractivity contribution is 5.76. The number of amides is 1. The van der Waals surface area contributed by atoms with E-state index in [1.54, 1.807) is 0 Å². The molecule has 0 aliphatic heterocycles. The van der Waals surface area contributed by atoms with Crippen LogP contribution in [0, 0.1) is 11.8 Å². The average molecular weight is 268 g/mol. The van der Waals surface area contributed by atoms with E-state index in [9.17, 15) is 4.79 Å². The van der Waals surface area contributed by atoms with Crippen molar-refractivity contribution in [3.8, 4) is 0 Å². The maximum atomic E-state index is 12.4. The largest absolute Gasteiger partial charge is 0.340 e. The minimum absolute atomic E-state index is 0.354. The third kappa shape index (κ3) is 5.94. The number of hydrogen-bond donors (Lipinski definition) is 1. The Labute approximate surface area is 118 Å². The third-order valence-electron chi connectivity index (χ3n) is 4.29. The van der Waals surface area contributed by atoms with E-state index in [1.165, 1.54) is 25.7 Å². The van der Waals surface area contributed by atoms with Crippen molar-refractivity contribution in [3.05, 3.63) is 0 Å². The van der Waals surface area contributed by atoms with Crippen LogP contribution < -0.4 is 5.73 Å². The summed E-state index contributed by atoms with van der Waals surface area (Å²) in [6.45, 7) is 8.21. The zero-order valence-electron chi connectivity index (χ0n) is 13.0. The molecule has 2 N–H and O–H groups in total. The van der Waals surface area contributed by atoms with Gasteiger partial charge in [-0.15, -0.1) is 0 Å². The van der Waals surface area contributed by atoms with Gasteiger partial charge in [0, 0.05) is 19.0 Å². The number of hydrogen-bond acceptors (Lipinski definition) is 2. The minimum Gasteiger partial charge on any atom is -0.340 e. The minimum atomic E-state index is 0.354. The summed E-state index contributed by atoms with van der Waals surface area (Å²) in [6.07, 6.45) is 7.71. The van der Waals surface area contributed by atoms with Crippen molar-refractivity contribution in [3.63, 3.8) is 0 Å². The molecular weight excluding hydrogens is 236 g/mol. The molecule has 1 saturated carbocycles. The number of rotatable bonds is 8. The van der Waals surface area contributed by atoms with Crippen LogP contribution in [0.1, 0.15) is 65.7 Å². The molecule has 0 spiro atoms. The van der Waals surface area contributed by atoms with Crippen LogP contribution >= 0.6 is 0 Å². The zero-order valence-corrected chi connectivity index (χ0v) is 13.0. The molecule has 0 saturated heterocycles. The molecule has 0 heterocycles. The van der Waals surface area contributed by atoms with E-state index in [1.807, 2.05) is 0 Å². The fourth-order valence-corrected chi connectivity index (χ4v) is 2.76. The van der Waals surface area contributed by atoms with E-state index in [0.717, 1.165) is 19.4 Å². The second-order valence-electron chi connectivity index (χ2n) is 6.59. The second-order valence-corrected chi connectivity index (χ2v) is 6.59. The molecule has 0 radical (unpaired) electrons. The molecule has 1 fully saturated rings. The smallest absolute Gasteiger partial charge is 0.222 e. The topological polar surface area (TPSA) is 46.3 Å². The van der Waals surface area contributed by atoms with Crippen LogP contribution in [0.4, 0.5) is 0 Å². The lowest BCUT2D eigenvalue weighted by molar-refractivity contribution is -0.133. The predicted molar refractivity (Wildman–Crippen MR) is 80.9 cm³/mol. The molecule has 1 unspecified atom stereocenters. The number of carbonyl (C=O) groups is 1. The van der Waals surface area contributed by atoms with Gasteiger partial charge in [0.05, 0.1) is 0 Å². The van der Waals surface area contributed by atoms with Crippen molar-refractivity contribution in [1.82, 2.24) is 4.90 Å². The highest BCUT2D eigenvalue weighted by Gasteiger charge is 2.26. The zero-order chi connectivity index (χ0) is 14.3. The number of carbonyl (C=O) groups excluding carboxylic acids is 1. The quantitative estimate of drug-likeness (QED) is 0.735. The number of nitrogens with two attached hydrogens (primary N) is 1. The molecule has 0 aromatic heterocycles. The molecule has 1 atom stereocenters. The first-order valence-corrected chi connectivity index (χ1v) is 8.04. The molecule has 0 aromatic rings. The van der Waals surface area contributed by atoms with Gasteiger partial charge in [-0.05, 0) is 44.1 Å². The molecule has 1 aliphatic rings. The summed E-state index contributed by atoms with van der Waals surface area (Å²) in [6, 6.07) is 0.513. The first-order valence-electron chi connectivity index (χ1n) is 8.04. The Bertz CT molecular complexity index is 259. The summed E-state index contributed by atoms with van der Waals surface area (Å²) in [4.78, 5) is 14.6. The summed E-state index contributed by atoms with van der Waals surface area (Å²) in [5.74, 6) is 1.48. The number of nitrogens with zero attached hydrogens (tertiary/aromatic N) is 1. The SMILES string of the molecule is CC(C)CCN(C(=O)CCC(C)CN)C1CCCC1. The van der Waals surface area contributed by atoms with E-state index in [0.29, 0.717) is 36.8 Å².